The Kier molecular flexibility index (Phi) is 6.37. The zero-order chi connectivity index (χ0) is 16.4. The van der Waals surface area contributed by atoms with Crippen molar-refractivity contribution in [2.75, 3.05) is 19.6 Å². The summed E-state index contributed by atoms with van der Waals surface area (Å²) in [7, 11) is 0. The molecule has 1 aromatic carbocycles. The molecule has 132 valence electrons. The van der Waals surface area contributed by atoms with Crippen LogP contribution in [-0.2, 0) is 12.0 Å². The lowest BCUT2D eigenvalue weighted by molar-refractivity contribution is 0.152. The summed E-state index contributed by atoms with van der Waals surface area (Å²) in [6, 6.07) is 7.14. The molecule has 3 nitrogen and oxygen atoms in total. The first-order valence-corrected chi connectivity index (χ1v) is 8.96. The molecular weight excluding hydrogens is 345 g/mol. The first-order chi connectivity index (χ1) is 10.9. The van der Waals surface area contributed by atoms with E-state index in [1.807, 2.05) is 6.07 Å². The van der Waals surface area contributed by atoms with Gasteiger partial charge in [0.2, 0.25) is 0 Å². The number of benzene rings is 1. The van der Waals surface area contributed by atoms with E-state index in [-0.39, 0.29) is 29.7 Å². The van der Waals surface area contributed by atoms with Crippen molar-refractivity contribution >= 4 is 23.7 Å². The maximum Gasteiger partial charge on any atom is 0.123 e. The van der Waals surface area contributed by atoms with Crippen molar-refractivity contribution in [3.8, 4) is 0 Å². The summed E-state index contributed by atoms with van der Waals surface area (Å²) < 4.78 is 13.6. The van der Waals surface area contributed by atoms with Gasteiger partial charge in [-0.1, -0.05) is 32.9 Å². The molecule has 0 saturated carbocycles. The number of hydrogen-bond acceptors (Lipinski definition) is 4. The average Bonchev–Trinajstić information content (AvgIpc) is 2.96. The number of hydrogen-bond donors (Lipinski definition) is 1. The van der Waals surface area contributed by atoms with Crippen molar-refractivity contribution in [3.05, 3.63) is 51.7 Å². The van der Waals surface area contributed by atoms with Gasteiger partial charge in [0.15, 0.2) is 0 Å². The highest BCUT2D eigenvalue weighted by molar-refractivity contribution is 7.09. The van der Waals surface area contributed by atoms with Crippen molar-refractivity contribution in [2.45, 2.75) is 38.8 Å². The number of rotatable bonds is 3. The van der Waals surface area contributed by atoms with Crippen LogP contribution >= 0.6 is 23.7 Å². The van der Waals surface area contributed by atoms with E-state index in [9.17, 15) is 4.39 Å². The van der Waals surface area contributed by atoms with E-state index in [4.69, 9.17) is 4.98 Å². The Bertz CT molecular complexity index is 668. The van der Waals surface area contributed by atoms with E-state index < -0.39 is 0 Å². The second-order valence-electron chi connectivity index (χ2n) is 7.14. The van der Waals surface area contributed by atoms with Gasteiger partial charge < -0.3 is 5.32 Å². The minimum Gasteiger partial charge on any atom is -0.314 e. The van der Waals surface area contributed by atoms with Crippen LogP contribution in [0.5, 0.6) is 0 Å². The number of nitrogens with one attached hydrogen (secondary N) is 1. The van der Waals surface area contributed by atoms with Crippen molar-refractivity contribution in [2.24, 2.45) is 0 Å². The number of aromatic nitrogens is 1. The van der Waals surface area contributed by atoms with E-state index >= 15 is 0 Å². The lowest BCUT2D eigenvalue weighted by Crippen LogP contribution is -2.45. The Labute approximate surface area is 153 Å². The van der Waals surface area contributed by atoms with Crippen molar-refractivity contribution in [1.29, 1.82) is 0 Å². The van der Waals surface area contributed by atoms with Crippen molar-refractivity contribution in [1.82, 2.24) is 15.2 Å². The second-order valence-corrected chi connectivity index (χ2v) is 8.00. The first-order valence-electron chi connectivity index (χ1n) is 8.08. The molecule has 0 aliphatic carbocycles. The third-order valence-electron chi connectivity index (χ3n) is 4.15. The number of thiazole rings is 1. The minimum absolute atomic E-state index is 0. The molecule has 3 rings (SSSR count). The van der Waals surface area contributed by atoms with E-state index in [0.29, 0.717) is 0 Å². The highest BCUT2D eigenvalue weighted by Gasteiger charge is 2.25. The minimum atomic E-state index is -0.170. The van der Waals surface area contributed by atoms with Crippen molar-refractivity contribution < 1.29 is 4.39 Å². The Balaban J connectivity index is 0.00000208. The molecule has 1 fully saturated rings. The molecule has 1 atom stereocenters. The predicted molar refractivity (Wildman–Crippen MR) is 100 cm³/mol. The molecule has 6 heteroatoms. The van der Waals surface area contributed by atoms with Gasteiger partial charge in [-0.15, -0.1) is 23.7 Å². The van der Waals surface area contributed by atoms with Gasteiger partial charge >= 0.3 is 0 Å². The van der Waals surface area contributed by atoms with E-state index in [1.165, 1.54) is 11.1 Å². The van der Waals surface area contributed by atoms with Gasteiger partial charge in [0.1, 0.15) is 5.82 Å². The highest BCUT2D eigenvalue weighted by atomic mass is 35.5. The number of halogens is 2. The Hall–Kier alpha value is -1.01. The van der Waals surface area contributed by atoms with Crippen LogP contribution in [0, 0.1) is 5.82 Å². The monoisotopic (exact) mass is 369 g/mol. The van der Waals surface area contributed by atoms with Crippen LogP contribution in [0.15, 0.2) is 29.6 Å². The summed E-state index contributed by atoms with van der Waals surface area (Å²) in [6.07, 6.45) is 0. The van der Waals surface area contributed by atoms with Crippen LogP contribution in [0.2, 0.25) is 0 Å². The van der Waals surface area contributed by atoms with E-state index in [0.717, 1.165) is 37.4 Å². The number of piperazine rings is 1. The van der Waals surface area contributed by atoms with Gasteiger partial charge in [-0.3, -0.25) is 4.90 Å². The van der Waals surface area contributed by atoms with Crippen LogP contribution in [0.1, 0.15) is 43.1 Å². The molecule has 0 radical (unpaired) electrons. The lowest BCUT2D eigenvalue weighted by Gasteiger charge is -2.36. The number of nitrogens with zero attached hydrogens (tertiary/aromatic N) is 2. The van der Waals surface area contributed by atoms with Gasteiger partial charge in [-0.2, -0.15) is 0 Å². The van der Waals surface area contributed by atoms with Crippen LogP contribution in [0.4, 0.5) is 4.39 Å². The maximum atomic E-state index is 13.6. The van der Waals surface area contributed by atoms with Crippen molar-refractivity contribution in [3.63, 3.8) is 0 Å². The molecule has 2 aromatic rings. The molecular formula is C18H25ClFN3S. The zero-order valence-electron chi connectivity index (χ0n) is 14.4. The van der Waals surface area contributed by atoms with Gasteiger partial charge in [0.05, 0.1) is 10.7 Å². The topological polar surface area (TPSA) is 28.2 Å². The average molecular weight is 370 g/mol. The Morgan fingerprint density at radius 2 is 2.17 bits per heavy atom. The van der Waals surface area contributed by atoms with E-state index in [1.54, 1.807) is 23.5 Å². The summed E-state index contributed by atoms with van der Waals surface area (Å²) in [6.45, 7) is 10.1. The molecule has 0 spiro atoms. The normalized spacial score (nSPS) is 19.1. The summed E-state index contributed by atoms with van der Waals surface area (Å²) >= 11 is 1.73. The smallest absolute Gasteiger partial charge is 0.123 e. The third-order valence-corrected chi connectivity index (χ3v) is 5.46. The molecule has 1 saturated heterocycles. The second kappa shape index (κ2) is 7.91. The van der Waals surface area contributed by atoms with Crippen LogP contribution in [0.3, 0.4) is 0 Å². The highest BCUT2D eigenvalue weighted by Crippen LogP contribution is 2.28. The van der Waals surface area contributed by atoms with Crippen LogP contribution in [0.25, 0.3) is 0 Å². The standard InChI is InChI=1S/C18H24FN3S.ClH/c1-18(2,3)17-21-15(12-23-17)11-22-8-7-20-10-16(22)13-5-4-6-14(19)9-13;/h4-6,9,12,16,20H,7-8,10-11H2,1-3H3;1H. The molecule has 1 N–H and O–H groups in total. The fourth-order valence-corrected chi connectivity index (χ4v) is 3.81. The van der Waals surface area contributed by atoms with Gasteiger partial charge in [0.25, 0.3) is 0 Å². The summed E-state index contributed by atoms with van der Waals surface area (Å²) in [5.41, 5.74) is 2.24. The Morgan fingerprint density at radius 3 is 2.83 bits per heavy atom. The SMILES string of the molecule is CC(C)(C)c1nc(CN2CCNCC2c2cccc(F)c2)cs1.Cl. The predicted octanol–water partition coefficient (Wildman–Crippen LogP) is 4.15. The molecule has 2 heterocycles. The molecule has 1 aromatic heterocycles. The summed E-state index contributed by atoms with van der Waals surface area (Å²) in [5, 5.41) is 6.75. The third kappa shape index (κ3) is 4.54. The summed E-state index contributed by atoms with van der Waals surface area (Å²) in [4.78, 5) is 7.20. The quantitative estimate of drug-likeness (QED) is 0.880. The lowest BCUT2D eigenvalue weighted by atomic mass is 9.98. The molecule has 0 amide bonds. The molecule has 24 heavy (non-hydrogen) atoms. The fraction of sp³-hybridized carbons (Fsp3) is 0.500. The van der Waals surface area contributed by atoms with Gasteiger partial charge in [-0.25, -0.2) is 9.37 Å². The largest absolute Gasteiger partial charge is 0.314 e. The molecule has 0 bridgehead atoms. The summed E-state index contributed by atoms with van der Waals surface area (Å²) in [5.74, 6) is -0.170. The first kappa shape index (κ1) is 19.3. The molecule has 1 aliphatic heterocycles. The molecule has 1 unspecified atom stereocenters. The van der Waals surface area contributed by atoms with Crippen LogP contribution in [-0.4, -0.2) is 29.5 Å². The van der Waals surface area contributed by atoms with Crippen LogP contribution < -0.4 is 5.32 Å². The maximum absolute atomic E-state index is 13.6. The zero-order valence-corrected chi connectivity index (χ0v) is 16.0. The Morgan fingerprint density at radius 1 is 1.38 bits per heavy atom. The van der Waals surface area contributed by atoms with E-state index in [2.05, 4.69) is 36.4 Å². The molecule has 1 aliphatic rings. The van der Waals surface area contributed by atoms with Gasteiger partial charge in [0, 0.05) is 43.0 Å². The van der Waals surface area contributed by atoms with Gasteiger partial charge in [-0.05, 0) is 17.7 Å². The fourth-order valence-electron chi connectivity index (χ4n) is 2.91.